The topological polar surface area (TPSA) is 83.2 Å². The highest BCUT2D eigenvalue weighted by atomic mass is 35.5. The van der Waals surface area contributed by atoms with Crippen molar-refractivity contribution in [1.29, 1.82) is 0 Å². The molecule has 6 nitrogen and oxygen atoms in total. The average Bonchev–Trinajstić information content (AvgIpc) is 3.24. The van der Waals surface area contributed by atoms with Gasteiger partial charge < -0.3 is 20.4 Å². The van der Waals surface area contributed by atoms with E-state index in [-0.39, 0.29) is 17.6 Å². The van der Waals surface area contributed by atoms with Gasteiger partial charge in [0, 0.05) is 34.2 Å². The van der Waals surface area contributed by atoms with Crippen LogP contribution in [0.4, 0.5) is 5.69 Å². The van der Waals surface area contributed by atoms with Gasteiger partial charge in [0.1, 0.15) is 0 Å². The number of amides is 2. The molecule has 5 rings (SSSR count). The molecule has 4 aromatic rings. The molecule has 3 aromatic carbocycles. The molecular formula is C26H20ClN3O3. The zero-order chi connectivity index (χ0) is 22.8. The second-order valence-electron chi connectivity index (χ2n) is 7.69. The Hall–Kier alpha value is -4.03. The van der Waals surface area contributed by atoms with Gasteiger partial charge in [0.2, 0.25) is 0 Å². The average molecular weight is 458 g/mol. The summed E-state index contributed by atoms with van der Waals surface area (Å²) in [6.45, 7) is 0.495. The van der Waals surface area contributed by atoms with Crippen LogP contribution in [0.3, 0.4) is 0 Å². The van der Waals surface area contributed by atoms with Gasteiger partial charge in [-0.15, -0.1) is 0 Å². The van der Waals surface area contributed by atoms with Crippen molar-refractivity contribution in [1.82, 2.24) is 10.3 Å². The Bertz CT molecular complexity index is 1390. The molecule has 1 aliphatic rings. The third kappa shape index (κ3) is 4.47. The molecule has 0 unspecified atom stereocenters. The summed E-state index contributed by atoms with van der Waals surface area (Å²) in [5.74, 6) is 0.0506. The zero-order valence-corrected chi connectivity index (χ0v) is 18.3. The van der Waals surface area contributed by atoms with E-state index < -0.39 is 0 Å². The van der Waals surface area contributed by atoms with Gasteiger partial charge in [-0.25, -0.2) is 0 Å². The fourth-order valence-corrected chi connectivity index (χ4v) is 3.89. The summed E-state index contributed by atoms with van der Waals surface area (Å²) in [7, 11) is 0. The van der Waals surface area contributed by atoms with Gasteiger partial charge in [-0.1, -0.05) is 41.9 Å². The highest BCUT2D eigenvalue weighted by Crippen LogP contribution is 2.32. The molecule has 7 heteroatoms. The number of carbonyl (C=O) groups excluding carboxylic acids is 2. The standard InChI is InChI=1S/C26H20ClN3O3/c27-19-8-5-16(6-9-19)13-24-26(32)30-22-14-17(7-10-23(22)33-24)25(31)28-12-11-18-15-29-21-4-2-1-3-20(18)21/h1-10,13-15,29H,11-12H2,(H,28,31)(H,30,32)/b24-13+. The lowest BCUT2D eigenvalue weighted by Crippen LogP contribution is -2.27. The second-order valence-corrected chi connectivity index (χ2v) is 8.13. The Morgan fingerprint density at radius 1 is 1.06 bits per heavy atom. The molecule has 2 amide bonds. The molecule has 0 saturated carbocycles. The van der Waals surface area contributed by atoms with Gasteiger partial charge in [0.05, 0.1) is 5.69 Å². The number of benzene rings is 3. The minimum atomic E-state index is -0.380. The maximum atomic E-state index is 12.6. The Morgan fingerprint density at radius 3 is 2.73 bits per heavy atom. The summed E-state index contributed by atoms with van der Waals surface area (Å²) < 4.78 is 5.76. The van der Waals surface area contributed by atoms with Crippen LogP contribution >= 0.6 is 11.6 Å². The van der Waals surface area contributed by atoms with E-state index in [2.05, 4.69) is 21.7 Å². The molecule has 33 heavy (non-hydrogen) atoms. The van der Waals surface area contributed by atoms with E-state index in [1.165, 1.54) is 0 Å². The SMILES string of the molecule is O=C1Nc2cc(C(=O)NCCc3c[nH]c4ccccc34)ccc2O/C1=C/c1ccc(Cl)cc1. The lowest BCUT2D eigenvalue weighted by Gasteiger charge is -2.20. The van der Waals surface area contributed by atoms with E-state index in [0.717, 1.165) is 22.0 Å². The van der Waals surface area contributed by atoms with Crippen LogP contribution < -0.4 is 15.4 Å². The van der Waals surface area contributed by atoms with Crippen LogP contribution in [0.5, 0.6) is 5.75 Å². The summed E-state index contributed by atoms with van der Waals surface area (Å²) in [5.41, 5.74) is 3.92. The number of hydrogen-bond acceptors (Lipinski definition) is 3. The number of nitrogens with one attached hydrogen (secondary N) is 3. The van der Waals surface area contributed by atoms with Crippen LogP contribution in [0.25, 0.3) is 17.0 Å². The van der Waals surface area contributed by atoms with Gasteiger partial charge in [-0.2, -0.15) is 0 Å². The van der Waals surface area contributed by atoms with E-state index in [0.29, 0.717) is 35.0 Å². The van der Waals surface area contributed by atoms with Crippen molar-refractivity contribution in [3.63, 3.8) is 0 Å². The van der Waals surface area contributed by atoms with Crippen LogP contribution in [0.1, 0.15) is 21.5 Å². The van der Waals surface area contributed by atoms with E-state index >= 15 is 0 Å². The summed E-state index contributed by atoms with van der Waals surface area (Å²) >= 11 is 5.91. The molecule has 0 atom stereocenters. The third-order valence-corrected chi connectivity index (χ3v) is 5.71. The predicted octanol–water partition coefficient (Wildman–Crippen LogP) is 5.17. The molecule has 0 bridgehead atoms. The van der Waals surface area contributed by atoms with Crippen molar-refractivity contribution >= 4 is 46.1 Å². The molecule has 0 saturated heterocycles. The lowest BCUT2D eigenvalue weighted by atomic mass is 10.1. The normalized spacial score (nSPS) is 14.0. The minimum absolute atomic E-state index is 0.167. The van der Waals surface area contributed by atoms with Crippen molar-refractivity contribution in [3.05, 3.63) is 100 Å². The van der Waals surface area contributed by atoms with Gasteiger partial charge in [-0.05, 0) is 60.0 Å². The number of rotatable bonds is 5. The lowest BCUT2D eigenvalue weighted by molar-refractivity contribution is -0.115. The Morgan fingerprint density at radius 2 is 1.88 bits per heavy atom. The molecule has 2 heterocycles. The molecule has 1 aliphatic heterocycles. The van der Waals surface area contributed by atoms with E-state index in [9.17, 15) is 9.59 Å². The number of carbonyl (C=O) groups is 2. The van der Waals surface area contributed by atoms with Crippen molar-refractivity contribution in [2.75, 3.05) is 11.9 Å². The number of para-hydroxylation sites is 1. The number of halogens is 1. The van der Waals surface area contributed by atoms with Crippen LogP contribution in [0, 0.1) is 0 Å². The monoisotopic (exact) mass is 457 g/mol. The first-order valence-corrected chi connectivity index (χ1v) is 10.9. The Labute approximate surface area is 195 Å². The summed E-state index contributed by atoms with van der Waals surface area (Å²) in [4.78, 5) is 28.4. The first kappa shape index (κ1) is 20.8. The van der Waals surface area contributed by atoms with Crippen molar-refractivity contribution in [3.8, 4) is 5.75 Å². The number of H-pyrrole nitrogens is 1. The largest absolute Gasteiger partial charge is 0.449 e. The van der Waals surface area contributed by atoms with Crippen molar-refractivity contribution in [2.24, 2.45) is 0 Å². The number of ether oxygens (including phenoxy) is 1. The summed E-state index contributed by atoms with van der Waals surface area (Å²) in [6, 6.07) is 20.1. The Balaban J connectivity index is 1.25. The highest BCUT2D eigenvalue weighted by Gasteiger charge is 2.23. The minimum Gasteiger partial charge on any atom is -0.449 e. The highest BCUT2D eigenvalue weighted by molar-refractivity contribution is 6.30. The van der Waals surface area contributed by atoms with Gasteiger partial charge in [0.15, 0.2) is 11.5 Å². The first-order valence-electron chi connectivity index (χ1n) is 10.5. The molecule has 0 fully saturated rings. The smallest absolute Gasteiger partial charge is 0.291 e. The number of aromatic nitrogens is 1. The van der Waals surface area contributed by atoms with Crippen molar-refractivity contribution < 1.29 is 14.3 Å². The summed E-state index contributed by atoms with van der Waals surface area (Å²) in [5, 5.41) is 7.50. The fourth-order valence-electron chi connectivity index (χ4n) is 3.76. The van der Waals surface area contributed by atoms with Crippen LogP contribution in [-0.2, 0) is 11.2 Å². The summed E-state index contributed by atoms with van der Waals surface area (Å²) in [6.07, 6.45) is 4.32. The van der Waals surface area contributed by atoms with Crippen LogP contribution in [0.2, 0.25) is 5.02 Å². The molecule has 164 valence electrons. The maximum absolute atomic E-state index is 12.6. The molecular weight excluding hydrogens is 438 g/mol. The van der Waals surface area contributed by atoms with Crippen LogP contribution in [0.15, 0.2) is 78.7 Å². The molecule has 1 aromatic heterocycles. The molecule has 0 spiro atoms. The number of fused-ring (bicyclic) bond motifs is 2. The zero-order valence-electron chi connectivity index (χ0n) is 17.5. The number of anilines is 1. The second kappa shape index (κ2) is 8.84. The molecule has 0 radical (unpaired) electrons. The molecule has 3 N–H and O–H groups in total. The quantitative estimate of drug-likeness (QED) is 0.362. The maximum Gasteiger partial charge on any atom is 0.291 e. The van der Waals surface area contributed by atoms with Gasteiger partial charge in [0.25, 0.3) is 11.8 Å². The van der Waals surface area contributed by atoms with Gasteiger partial charge >= 0.3 is 0 Å². The number of aromatic amines is 1. The van der Waals surface area contributed by atoms with E-state index in [4.69, 9.17) is 16.3 Å². The first-order chi connectivity index (χ1) is 16.1. The van der Waals surface area contributed by atoms with E-state index in [1.807, 2.05) is 24.4 Å². The predicted molar refractivity (Wildman–Crippen MR) is 129 cm³/mol. The third-order valence-electron chi connectivity index (χ3n) is 5.46. The van der Waals surface area contributed by atoms with Crippen molar-refractivity contribution in [2.45, 2.75) is 6.42 Å². The van der Waals surface area contributed by atoms with Gasteiger partial charge in [-0.3, -0.25) is 9.59 Å². The number of hydrogen-bond donors (Lipinski definition) is 3. The van der Waals surface area contributed by atoms with E-state index in [1.54, 1.807) is 48.5 Å². The fraction of sp³-hybridized carbons (Fsp3) is 0.0769. The Kier molecular flexibility index (Phi) is 5.59. The molecule has 0 aliphatic carbocycles. The van der Waals surface area contributed by atoms with Crippen LogP contribution in [-0.4, -0.2) is 23.3 Å².